The molecular formula is C12H20N2O. The van der Waals surface area contributed by atoms with Crippen molar-refractivity contribution in [3.05, 3.63) is 29.6 Å². The zero-order chi connectivity index (χ0) is 11.1. The molecule has 0 spiro atoms. The van der Waals surface area contributed by atoms with Crippen LogP contribution in [0.15, 0.2) is 18.3 Å². The molecule has 1 atom stereocenters. The van der Waals surface area contributed by atoms with Crippen LogP contribution in [0.2, 0.25) is 0 Å². The molecule has 1 aromatic rings. The monoisotopic (exact) mass is 208 g/mol. The molecule has 0 amide bonds. The molecule has 0 aliphatic carbocycles. The van der Waals surface area contributed by atoms with Crippen molar-refractivity contribution in [2.75, 3.05) is 6.61 Å². The highest BCUT2D eigenvalue weighted by Gasteiger charge is 2.00. The highest BCUT2D eigenvalue weighted by molar-refractivity contribution is 5.12. The van der Waals surface area contributed by atoms with Gasteiger partial charge in [-0.1, -0.05) is 6.07 Å². The molecule has 0 aliphatic rings. The van der Waals surface area contributed by atoms with Gasteiger partial charge in [-0.15, -0.1) is 0 Å². The van der Waals surface area contributed by atoms with E-state index in [1.54, 1.807) is 0 Å². The van der Waals surface area contributed by atoms with E-state index in [4.69, 9.17) is 5.11 Å². The maximum absolute atomic E-state index is 8.69. The van der Waals surface area contributed by atoms with E-state index in [-0.39, 0.29) is 6.61 Å². The van der Waals surface area contributed by atoms with Crippen LogP contribution in [0.1, 0.15) is 31.0 Å². The fourth-order valence-electron chi connectivity index (χ4n) is 1.39. The number of aliphatic hydroxyl groups excluding tert-OH is 1. The van der Waals surface area contributed by atoms with Gasteiger partial charge < -0.3 is 10.4 Å². The van der Waals surface area contributed by atoms with Crippen LogP contribution in [-0.2, 0) is 6.54 Å². The first-order valence-electron chi connectivity index (χ1n) is 5.48. The fraction of sp³-hybridized carbons (Fsp3) is 0.583. The van der Waals surface area contributed by atoms with Crippen LogP contribution >= 0.6 is 0 Å². The van der Waals surface area contributed by atoms with E-state index in [0.29, 0.717) is 6.04 Å². The third-order valence-electron chi connectivity index (χ3n) is 2.42. The predicted molar refractivity (Wildman–Crippen MR) is 61.6 cm³/mol. The average Bonchev–Trinajstić information content (AvgIpc) is 2.25. The fourth-order valence-corrected chi connectivity index (χ4v) is 1.39. The van der Waals surface area contributed by atoms with Crippen LogP contribution in [0.3, 0.4) is 0 Å². The topological polar surface area (TPSA) is 45.1 Å². The largest absolute Gasteiger partial charge is 0.396 e. The maximum Gasteiger partial charge on any atom is 0.0431 e. The minimum absolute atomic E-state index is 0.276. The molecule has 0 saturated heterocycles. The molecule has 3 heteroatoms. The average molecular weight is 208 g/mol. The highest BCUT2D eigenvalue weighted by atomic mass is 16.2. The minimum atomic E-state index is 0.276. The Kier molecular flexibility index (Phi) is 5.29. The third kappa shape index (κ3) is 4.91. The summed E-state index contributed by atoms with van der Waals surface area (Å²) in [5.74, 6) is 0. The summed E-state index contributed by atoms with van der Waals surface area (Å²) in [5, 5.41) is 12.1. The van der Waals surface area contributed by atoms with E-state index in [2.05, 4.69) is 23.3 Å². The van der Waals surface area contributed by atoms with E-state index in [9.17, 15) is 0 Å². The van der Waals surface area contributed by atoms with E-state index < -0.39 is 0 Å². The van der Waals surface area contributed by atoms with Crippen molar-refractivity contribution >= 4 is 0 Å². The second-order valence-corrected chi connectivity index (χ2v) is 3.96. The Morgan fingerprint density at radius 3 is 2.87 bits per heavy atom. The van der Waals surface area contributed by atoms with Crippen LogP contribution in [0.5, 0.6) is 0 Å². The molecule has 2 N–H and O–H groups in total. The highest BCUT2D eigenvalue weighted by Crippen LogP contribution is 2.01. The summed E-state index contributed by atoms with van der Waals surface area (Å²) in [6.45, 7) is 5.25. The van der Waals surface area contributed by atoms with Crippen LogP contribution < -0.4 is 5.32 Å². The molecule has 0 saturated carbocycles. The number of aliphatic hydroxyl groups is 1. The molecule has 3 nitrogen and oxygen atoms in total. The van der Waals surface area contributed by atoms with Gasteiger partial charge >= 0.3 is 0 Å². The number of pyridine rings is 1. The normalized spacial score (nSPS) is 12.7. The second-order valence-electron chi connectivity index (χ2n) is 3.96. The van der Waals surface area contributed by atoms with Crippen molar-refractivity contribution < 1.29 is 5.11 Å². The molecule has 0 radical (unpaired) electrons. The van der Waals surface area contributed by atoms with Crippen LogP contribution in [0.25, 0.3) is 0 Å². The predicted octanol–water partition coefficient (Wildman–Crippen LogP) is 1.64. The van der Waals surface area contributed by atoms with E-state index in [0.717, 1.165) is 25.1 Å². The van der Waals surface area contributed by atoms with Crippen LogP contribution in [0.4, 0.5) is 0 Å². The molecule has 1 unspecified atom stereocenters. The summed E-state index contributed by atoms with van der Waals surface area (Å²) in [6, 6.07) is 4.56. The molecule has 1 rings (SSSR count). The van der Waals surface area contributed by atoms with Gasteiger partial charge in [0, 0.05) is 31.1 Å². The number of hydrogen-bond acceptors (Lipinski definition) is 3. The van der Waals surface area contributed by atoms with Crippen molar-refractivity contribution in [3.63, 3.8) is 0 Å². The first-order chi connectivity index (χ1) is 7.22. The van der Waals surface area contributed by atoms with Gasteiger partial charge in [0.1, 0.15) is 0 Å². The van der Waals surface area contributed by atoms with Gasteiger partial charge in [0.25, 0.3) is 0 Å². The number of nitrogens with zero attached hydrogens (tertiary/aromatic N) is 1. The molecule has 15 heavy (non-hydrogen) atoms. The summed E-state index contributed by atoms with van der Waals surface area (Å²) in [7, 11) is 0. The molecule has 0 fully saturated rings. The lowest BCUT2D eigenvalue weighted by Crippen LogP contribution is -2.25. The van der Waals surface area contributed by atoms with Gasteiger partial charge in [-0.3, -0.25) is 4.98 Å². The number of aryl methyl sites for hydroxylation is 1. The summed E-state index contributed by atoms with van der Waals surface area (Å²) in [6.07, 6.45) is 3.78. The summed E-state index contributed by atoms with van der Waals surface area (Å²) in [5.41, 5.74) is 2.25. The van der Waals surface area contributed by atoms with Crippen LogP contribution in [0, 0.1) is 6.92 Å². The molecule has 0 bridgehead atoms. The second kappa shape index (κ2) is 6.53. The quantitative estimate of drug-likeness (QED) is 0.747. The number of aromatic nitrogens is 1. The molecule has 84 valence electrons. The number of hydrogen-bond donors (Lipinski definition) is 2. The summed E-state index contributed by atoms with van der Waals surface area (Å²) >= 11 is 0. The van der Waals surface area contributed by atoms with Crippen molar-refractivity contribution in [2.45, 2.75) is 39.3 Å². The first-order valence-corrected chi connectivity index (χ1v) is 5.48. The molecular weight excluding hydrogens is 188 g/mol. The lowest BCUT2D eigenvalue weighted by Gasteiger charge is -2.12. The van der Waals surface area contributed by atoms with Crippen molar-refractivity contribution in [1.29, 1.82) is 0 Å². The first kappa shape index (κ1) is 12.1. The van der Waals surface area contributed by atoms with E-state index in [1.807, 2.05) is 19.2 Å². The summed E-state index contributed by atoms with van der Waals surface area (Å²) in [4.78, 5) is 4.24. The van der Waals surface area contributed by atoms with Gasteiger partial charge in [0.2, 0.25) is 0 Å². The Bertz CT molecular complexity index is 271. The van der Waals surface area contributed by atoms with Gasteiger partial charge in [0.15, 0.2) is 0 Å². The molecule has 0 aliphatic heterocycles. The smallest absolute Gasteiger partial charge is 0.0431 e. The minimum Gasteiger partial charge on any atom is -0.396 e. The van der Waals surface area contributed by atoms with Crippen LogP contribution in [-0.4, -0.2) is 22.7 Å². The van der Waals surface area contributed by atoms with Gasteiger partial charge in [-0.05, 0) is 38.3 Å². The van der Waals surface area contributed by atoms with Gasteiger partial charge in [-0.25, -0.2) is 0 Å². The van der Waals surface area contributed by atoms with Crippen molar-refractivity contribution in [1.82, 2.24) is 10.3 Å². The van der Waals surface area contributed by atoms with Gasteiger partial charge in [0.05, 0.1) is 0 Å². The Labute approximate surface area is 91.5 Å². The number of rotatable bonds is 6. The molecule has 1 aromatic heterocycles. The Morgan fingerprint density at radius 1 is 1.47 bits per heavy atom. The Hall–Kier alpha value is -0.930. The standard InChI is InChI=1S/C12H20N2O/c1-10(4-3-7-15)13-8-12-6-5-11(2)14-9-12/h5-6,9-10,13,15H,3-4,7-8H2,1-2H3. The lowest BCUT2D eigenvalue weighted by molar-refractivity contribution is 0.276. The SMILES string of the molecule is Cc1ccc(CNC(C)CCCO)cn1. The zero-order valence-corrected chi connectivity index (χ0v) is 9.53. The van der Waals surface area contributed by atoms with Crippen molar-refractivity contribution in [2.24, 2.45) is 0 Å². The zero-order valence-electron chi connectivity index (χ0n) is 9.53. The molecule has 0 aromatic carbocycles. The van der Waals surface area contributed by atoms with E-state index in [1.165, 1.54) is 5.56 Å². The van der Waals surface area contributed by atoms with Crippen molar-refractivity contribution in [3.8, 4) is 0 Å². The third-order valence-corrected chi connectivity index (χ3v) is 2.42. The Balaban J connectivity index is 2.27. The van der Waals surface area contributed by atoms with Gasteiger partial charge in [-0.2, -0.15) is 0 Å². The number of nitrogens with one attached hydrogen (secondary N) is 1. The summed E-state index contributed by atoms with van der Waals surface area (Å²) < 4.78 is 0. The lowest BCUT2D eigenvalue weighted by atomic mass is 10.2. The Morgan fingerprint density at radius 2 is 2.27 bits per heavy atom. The maximum atomic E-state index is 8.69. The molecule has 1 heterocycles. The van der Waals surface area contributed by atoms with E-state index >= 15 is 0 Å².